The van der Waals surface area contributed by atoms with Crippen LogP contribution in [-0.2, 0) is 14.2 Å². The Labute approximate surface area is 97.4 Å². The van der Waals surface area contributed by atoms with Crippen LogP contribution in [0.3, 0.4) is 0 Å². The summed E-state index contributed by atoms with van der Waals surface area (Å²) in [5.74, 6) is 0.552. The number of alkyl halides is 1. The first kappa shape index (κ1) is 15.1. The van der Waals surface area contributed by atoms with Crippen molar-refractivity contribution in [1.82, 2.24) is 4.90 Å². The molecule has 5 heteroatoms. The van der Waals surface area contributed by atoms with E-state index in [-0.39, 0.29) is 0 Å². The molecule has 0 N–H and O–H groups in total. The molecule has 4 nitrogen and oxygen atoms in total. The van der Waals surface area contributed by atoms with E-state index in [9.17, 15) is 0 Å². The van der Waals surface area contributed by atoms with Crippen molar-refractivity contribution in [2.24, 2.45) is 0 Å². The average molecular weight is 240 g/mol. The highest BCUT2D eigenvalue weighted by Crippen LogP contribution is 1.90. The molecular formula is C10H22ClNO3. The molecule has 0 aromatic rings. The van der Waals surface area contributed by atoms with Crippen LogP contribution in [0.25, 0.3) is 0 Å². The van der Waals surface area contributed by atoms with E-state index in [0.29, 0.717) is 19.1 Å². The van der Waals surface area contributed by atoms with E-state index >= 15 is 0 Å². The smallest absolute Gasteiger partial charge is 0.0602 e. The summed E-state index contributed by atoms with van der Waals surface area (Å²) in [6.45, 7) is 5.50. The highest BCUT2D eigenvalue weighted by atomic mass is 35.5. The van der Waals surface area contributed by atoms with Crippen LogP contribution < -0.4 is 0 Å². The Hall–Kier alpha value is 0.130. The van der Waals surface area contributed by atoms with Gasteiger partial charge in [-0.3, -0.25) is 4.90 Å². The first-order valence-electron chi connectivity index (χ1n) is 5.19. The molecule has 0 aromatic carbocycles. The molecule has 0 bridgehead atoms. The third-order valence-corrected chi connectivity index (χ3v) is 2.15. The molecule has 15 heavy (non-hydrogen) atoms. The van der Waals surface area contributed by atoms with Crippen molar-refractivity contribution in [2.75, 3.05) is 66.2 Å². The second kappa shape index (κ2) is 12.2. The maximum absolute atomic E-state index is 5.51. The van der Waals surface area contributed by atoms with Gasteiger partial charge in [-0.05, 0) is 0 Å². The van der Waals surface area contributed by atoms with Crippen LogP contribution in [0.4, 0.5) is 0 Å². The van der Waals surface area contributed by atoms with Crippen LogP contribution in [0, 0.1) is 0 Å². The SMILES string of the molecule is COCCN(CCOC)CCOCCCl. The second-order valence-corrected chi connectivity index (χ2v) is 3.51. The van der Waals surface area contributed by atoms with E-state index in [1.165, 1.54) is 0 Å². The molecule has 0 radical (unpaired) electrons. The van der Waals surface area contributed by atoms with Crippen molar-refractivity contribution in [3.8, 4) is 0 Å². The van der Waals surface area contributed by atoms with Gasteiger partial charge in [0.1, 0.15) is 0 Å². The van der Waals surface area contributed by atoms with E-state index in [1.54, 1.807) is 14.2 Å². The molecule has 0 atom stereocenters. The monoisotopic (exact) mass is 239 g/mol. The van der Waals surface area contributed by atoms with Crippen LogP contribution in [0.2, 0.25) is 0 Å². The zero-order valence-corrected chi connectivity index (χ0v) is 10.5. The molecule has 0 fully saturated rings. The Balaban J connectivity index is 3.49. The van der Waals surface area contributed by atoms with Gasteiger partial charge < -0.3 is 14.2 Å². The molecular weight excluding hydrogens is 218 g/mol. The van der Waals surface area contributed by atoms with E-state index < -0.39 is 0 Å². The highest BCUT2D eigenvalue weighted by Gasteiger charge is 2.03. The predicted molar refractivity (Wildman–Crippen MR) is 61.7 cm³/mol. The van der Waals surface area contributed by atoms with Gasteiger partial charge in [-0.25, -0.2) is 0 Å². The van der Waals surface area contributed by atoms with Gasteiger partial charge in [0.05, 0.1) is 26.4 Å². The summed E-state index contributed by atoms with van der Waals surface area (Å²) in [5, 5.41) is 0. The third kappa shape index (κ3) is 10.4. The fourth-order valence-electron chi connectivity index (χ4n) is 1.13. The number of ether oxygens (including phenoxy) is 3. The Morgan fingerprint density at radius 2 is 1.40 bits per heavy atom. The van der Waals surface area contributed by atoms with Crippen molar-refractivity contribution >= 4 is 11.6 Å². The number of rotatable bonds is 11. The van der Waals surface area contributed by atoms with E-state index in [2.05, 4.69) is 4.90 Å². The molecule has 92 valence electrons. The standard InChI is InChI=1S/C10H22ClNO3/c1-13-8-4-12(5-9-14-2)6-10-15-7-3-11/h3-10H2,1-2H3. The summed E-state index contributed by atoms with van der Waals surface area (Å²) in [6, 6.07) is 0. The van der Waals surface area contributed by atoms with Gasteiger partial charge in [-0.1, -0.05) is 0 Å². The first-order chi connectivity index (χ1) is 7.35. The van der Waals surface area contributed by atoms with Gasteiger partial charge in [-0.15, -0.1) is 11.6 Å². The second-order valence-electron chi connectivity index (χ2n) is 3.13. The minimum Gasteiger partial charge on any atom is -0.383 e. The normalized spacial score (nSPS) is 11.2. The van der Waals surface area contributed by atoms with Crippen molar-refractivity contribution < 1.29 is 14.2 Å². The summed E-state index contributed by atoms with van der Waals surface area (Å²) >= 11 is 5.51. The molecule has 0 aliphatic heterocycles. The summed E-state index contributed by atoms with van der Waals surface area (Å²) in [6.07, 6.45) is 0. The lowest BCUT2D eigenvalue weighted by Crippen LogP contribution is -2.33. The van der Waals surface area contributed by atoms with Crippen molar-refractivity contribution in [1.29, 1.82) is 0 Å². The van der Waals surface area contributed by atoms with Gasteiger partial charge >= 0.3 is 0 Å². The molecule has 0 amide bonds. The molecule has 0 rings (SSSR count). The van der Waals surface area contributed by atoms with E-state index in [1.807, 2.05) is 0 Å². The Morgan fingerprint density at radius 3 is 1.87 bits per heavy atom. The van der Waals surface area contributed by atoms with Crippen LogP contribution in [-0.4, -0.2) is 71.1 Å². The van der Waals surface area contributed by atoms with E-state index in [0.717, 1.165) is 32.8 Å². The van der Waals surface area contributed by atoms with Gasteiger partial charge in [0.2, 0.25) is 0 Å². The maximum Gasteiger partial charge on any atom is 0.0602 e. The zero-order valence-electron chi connectivity index (χ0n) is 9.71. The first-order valence-corrected chi connectivity index (χ1v) is 5.72. The lowest BCUT2D eigenvalue weighted by Gasteiger charge is -2.21. The average Bonchev–Trinajstić information content (AvgIpc) is 2.27. The molecule has 0 aliphatic carbocycles. The number of nitrogens with zero attached hydrogens (tertiary/aromatic N) is 1. The molecule has 0 saturated carbocycles. The van der Waals surface area contributed by atoms with E-state index in [4.69, 9.17) is 25.8 Å². The summed E-state index contributed by atoms with van der Waals surface area (Å²) in [4.78, 5) is 2.25. The molecule has 0 heterocycles. The predicted octanol–water partition coefficient (Wildman–Crippen LogP) is 0.837. The maximum atomic E-state index is 5.51. The molecule has 0 aliphatic rings. The van der Waals surface area contributed by atoms with Gasteiger partial charge in [0.25, 0.3) is 0 Å². The fraction of sp³-hybridized carbons (Fsp3) is 1.00. The van der Waals surface area contributed by atoms with Crippen molar-refractivity contribution in [3.63, 3.8) is 0 Å². The Kier molecular flexibility index (Phi) is 12.3. The van der Waals surface area contributed by atoms with Gasteiger partial charge in [-0.2, -0.15) is 0 Å². The summed E-state index contributed by atoms with van der Waals surface area (Å²) in [5.41, 5.74) is 0. The zero-order chi connectivity index (χ0) is 11.4. The lowest BCUT2D eigenvalue weighted by molar-refractivity contribution is 0.0778. The number of hydrogen-bond donors (Lipinski definition) is 0. The minimum absolute atomic E-state index is 0.552. The lowest BCUT2D eigenvalue weighted by atomic mass is 10.4. The largest absolute Gasteiger partial charge is 0.383 e. The van der Waals surface area contributed by atoms with Crippen LogP contribution >= 0.6 is 11.6 Å². The minimum atomic E-state index is 0.552. The quantitative estimate of drug-likeness (QED) is 0.395. The summed E-state index contributed by atoms with van der Waals surface area (Å²) < 4.78 is 15.4. The topological polar surface area (TPSA) is 30.9 Å². The molecule has 0 saturated heterocycles. The Bertz CT molecular complexity index is 119. The number of methoxy groups -OCH3 is 2. The van der Waals surface area contributed by atoms with Crippen LogP contribution in [0.15, 0.2) is 0 Å². The Morgan fingerprint density at radius 1 is 0.867 bits per heavy atom. The summed E-state index contributed by atoms with van der Waals surface area (Å²) in [7, 11) is 3.41. The van der Waals surface area contributed by atoms with Crippen LogP contribution in [0.5, 0.6) is 0 Å². The van der Waals surface area contributed by atoms with Crippen LogP contribution in [0.1, 0.15) is 0 Å². The number of hydrogen-bond acceptors (Lipinski definition) is 4. The molecule has 0 unspecified atom stereocenters. The van der Waals surface area contributed by atoms with Gasteiger partial charge in [0.15, 0.2) is 0 Å². The fourth-order valence-corrected chi connectivity index (χ4v) is 1.24. The third-order valence-electron chi connectivity index (χ3n) is 2.00. The molecule has 0 aromatic heterocycles. The molecule has 0 spiro atoms. The van der Waals surface area contributed by atoms with Gasteiger partial charge in [0, 0.05) is 39.7 Å². The highest BCUT2D eigenvalue weighted by molar-refractivity contribution is 6.17. The van der Waals surface area contributed by atoms with Crippen molar-refractivity contribution in [2.45, 2.75) is 0 Å². The van der Waals surface area contributed by atoms with Crippen molar-refractivity contribution in [3.05, 3.63) is 0 Å². The number of halogens is 1.